The Bertz CT molecular complexity index is 900. The lowest BCUT2D eigenvalue weighted by Crippen LogP contribution is -2.58. The number of hydrogen-bond donors (Lipinski definition) is 1. The van der Waals surface area contributed by atoms with Crippen LogP contribution in [0.15, 0.2) is 25.3 Å². The number of aliphatic hydroxyl groups excluding tert-OH is 1. The van der Waals surface area contributed by atoms with E-state index in [9.17, 15) is 14.4 Å². The van der Waals surface area contributed by atoms with Gasteiger partial charge in [0.25, 0.3) is 0 Å². The van der Waals surface area contributed by atoms with Gasteiger partial charge in [-0.2, -0.15) is 0 Å². The largest absolute Gasteiger partial charge is 0.396 e. The molecule has 3 saturated heterocycles. The van der Waals surface area contributed by atoms with Crippen LogP contribution in [-0.2, 0) is 19.1 Å². The summed E-state index contributed by atoms with van der Waals surface area (Å²) in [5.41, 5.74) is -1.05. The van der Waals surface area contributed by atoms with E-state index in [0.29, 0.717) is 39.0 Å². The molecule has 7 atom stereocenters. The van der Waals surface area contributed by atoms with Crippen LogP contribution in [0.1, 0.15) is 72.1 Å². The van der Waals surface area contributed by atoms with Crippen LogP contribution >= 0.6 is 15.9 Å². The van der Waals surface area contributed by atoms with Gasteiger partial charge in [0.1, 0.15) is 11.6 Å². The summed E-state index contributed by atoms with van der Waals surface area (Å²) >= 11 is 3.77. The number of fused-ring (bicyclic) bond motifs is 1. The van der Waals surface area contributed by atoms with Crippen LogP contribution < -0.4 is 0 Å². The van der Waals surface area contributed by atoms with E-state index in [2.05, 4.69) is 36.0 Å². The zero-order valence-corrected chi connectivity index (χ0v) is 25.6. The Balaban J connectivity index is 2.02. The van der Waals surface area contributed by atoms with Crippen molar-refractivity contribution in [3.8, 4) is 0 Å². The predicted molar refractivity (Wildman–Crippen MR) is 156 cm³/mol. The number of hydrogen-bond acceptors (Lipinski definition) is 5. The molecule has 0 saturated carbocycles. The topological polar surface area (TPSA) is 90.4 Å². The van der Waals surface area contributed by atoms with Crippen molar-refractivity contribution in [1.29, 1.82) is 0 Å². The summed E-state index contributed by atoms with van der Waals surface area (Å²) in [7, 11) is 0. The second kappa shape index (κ2) is 14.3. The highest BCUT2D eigenvalue weighted by molar-refractivity contribution is 9.09. The lowest BCUT2D eigenvalue weighted by molar-refractivity contribution is -0.150. The summed E-state index contributed by atoms with van der Waals surface area (Å²) in [5, 5.41) is 9.16. The standard InChI is InChI=1S/C30H48BrN3O5/c1-6-14-21(5)33(17-9-4)29(38)26-30-20-22(31)25(39-30)23(27(36)32(15-7-2)16-8-3)24(30)28(37)34(26)18-12-10-11-13-19-35/h7,9,21-26,35H,2,4,6,8,10-20H2,1,3,5H3/t21?,22?,23-,24-,25-,26?,30?/m0/s1. The van der Waals surface area contributed by atoms with Crippen molar-refractivity contribution in [2.45, 2.75) is 101 Å². The van der Waals surface area contributed by atoms with E-state index < -0.39 is 29.6 Å². The van der Waals surface area contributed by atoms with E-state index in [0.717, 1.165) is 38.5 Å². The first kappa shape index (κ1) is 31.8. The molecule has 3 aliphatic heterocycles. The van der Waals surface area contributed by atoms with E-state index in [1.54, 1.807) is 22.0 Å². The van der Waals surface area contributed by atoms with Crippen LogP contribution in [0.25, 0.3) is 0 Å². The van der Waals surface area contributed by atoms with Gasteiger partial charge in [0, 0.05) is 43.7 Å². The lowest BCUT2D eigenvalue weighted by atomic mass is 9.70. The van der Waals surface area contributed by atoms with Gasteiger partial charge in [-0.15, -0.1) is 13.2 Å². The minimum Gasteiger partial charge on any atom is -0.396 e. The molecule has 0 aromatic carbocycles. The first-order valence-corrected chi connectivity index (χ1v) is 15.7. The highest BCUT2D eigenvalue weighted by Crippen LogP contribution is 2.60. The Morgan fingerprint density at radius 1 is 1.15 bits per heavy atom. The maximum Gasteiger partial charge on any atom is 0.248 e. The molecule has 3 amide bonds. The quantitative estimate of drug-likeness (QED) is 0.153. The van der Waals surface area contributed by atoms with E-state index >= 15 is 0 Å². The van der Waals surface area contributed by atoms with Crippen LogP contribution in [0.3, 0.4) is 0 Å². The van der Waals surface area contributed by atoms with Crippen LogP contribution in [0.4, 0.5) is 0 Å². The fourth-order valence-corrected chi connectivity index (χ4v) is 7.91. The zero-order chi connectivity index (χ0) is 28.7. The molecule has 0 aliphatic carbocycles. The number of nitrogens with zero attached hydrogens (tertiary/aromatic N) is 3. The Hall–Kier alpha value is -1.71. The summed E-state index contributed by atoms with van der Waals surface area (Å²) in [6.45, 7) is 15.8. The van der Waals surface area contributed by atoms with Crippen LogP contribution in [0.5, 0.6) is 0 Å². The number of halogens is 1. The molecule has 39 heavy (non-hydrogen) atoms. The Labute approximate surface area is 242 Å². The number of amides is 3. The van der Waals surface area contributed by atoms with Gasteiger partial charge in [-0.1, -0.05) is 61.2 Å². The number of alkyl halides is 1. The number of aliphatic hydroxyl groups is 1. The second-order valence-electron chi connectivity index (χ2n) is 11.3. The molecular formula is C30H48BrN3O5. The van der Waals surface area contributed by atoms with Crippen molar-refractivity contribution < 1.29 is 24.2 Å². The molecule has 3 fully saturated rings. The SMILES string of the molecule is C=CCN(CCC)C(=O)[C@H]1[C@H]2C(=O)N(CCCCCCO)C(C(=O)N(CC=C)C(C)CCC)C23CC(Br)[C@@H]1O3. The van der Waals surface area contributed by atoms with Gasteiger partial charge in [-0.3, -0.25) is 14.4 Å². The molecule has 8 nitrogen and oxygen atoms in total. The Morgan fingerprint density at radius 3 is 2.46 bits per heavy atom. The van der Waals surface area contributed by atoms with Crippen molar-refractivity contribution in [2.75, 3.05) is 32.8 Å². The van der Waals surface area contributed by atoms with Gasteiger partial charge < -0.3 is 24.5 Å². The molecule has 3 rings (SSSR count). The number of unbranched alkanes of at least 4 members (excludes halogenated alkanes) is 3. The summed E-state index contributed by atoms with van der Waals surface area (Å²) < 4.78 is 6.69. The minimum atomic E-state index is -1.05. The molecule has 220 valence electrons. The average molecular weight is 611 g/mol. The van der Waals surface area contributed by atoms with Gasteiger partial charge in [0.05, 0.1) is 17.9 Å². The third-order valence-electron chi connectivity index (χ3n) is 8.62. The maximum absolute atomic E-state index is 14.4. The molecular weight excluding hydrogens is 562 g/mol. The molecule has 0 aromatic rings. The van der Waals surface area contributed by atoms with Gasteiger partial charge in [-0.05, 0) is 39.0 Å². The van der Waals surface area contributed by atoms with Gasteiger partial charge >= 0.3 is 0 Å². The highest BCUT2D eigenvalue weighted by atomic mass is 79.9. The summed E-state index contributed by atoms with van der Waals surface area (Å²) in [6, 6.07) is -0.796. The van der Waals surface area contributed by atoms with Crippen molar-refractivity contribution in [1.82, 2.24) is 14.7 Å². The fraction of sp³-hybridized carbons (Fsp3) is 0.767. The second-order valence-corrected chi connectivity index (χ2v) is 12.5. The number of likely N-dealkylation sites (tertiary alicyclic amines) is 1. The first-order chi connectivity index (χ1) is 18.7. The van der Waals surface area contributed by atoms with Crippen LogP contribution in [0.2, 0.25) is 0 Å². The van der Waals surface area contributed by atoms with Gasteiger partial charge in [-0.25, -0.2) is 0 Å². The van der Waals surface area contributed by atoms with E-state index in [4.69, 9.17) is 9.84 Å². The molecule has 4 unspecified atom stereocenters. The maximum atomic E-state index is 14.4. The lowest BCUT2D eigenvalue weighted by Gasteiger charge is -2.39. The first-order valence-electron chi connectivity index (χ1n) is 14.8. The summed E-state index contributed by atoms with van der Waals surface area (Å²) in [5.74, 6) is -1.69. The number of rotatable bonds is 17. The van der Waals surface area contributed by atoms with Crippen LogP contribution in [-0.4, -0.2) is 98.9 Å². The highest BCUT2D eigenvalue weighted by Gasteiger charge is 2.76. The molecule has 1 spiro atoms. The smallest absolute Gasteiger partial charge is 0.248 e. The zero-order valence-electron chi connectivity index (χ0n) is 24.0. The summed E-state index contributed by atoms with van der Waals surface area (Å²) in [4.78, 5) is 47.9. The van der Waals surface area contributed by atoms with E-state index in [1.807, 2.05) is 18.7 Å². The Kier molecular flexibility index (Phi) is 11.6. The monoisotopic (exact) mass is 609 g/mol. The number of carbonyl (C=O) groups is 3. The summed E-state index contributed by atoms with van der Waals surface area (Å²) in [6.07, 6.45) is 9.23. The molecule has 9 heteroatoms. The average Bonchev–Trinajstić information content (AvgIpc) is 3.49. The van der Waals surface area contributed by atoms with Crippen molar-refractivity contribution in [2.24, 2.45) is 11.8 Å². The van der Waals surface area contributed by atoms with Crippen molar-refractivity contribution in [3.05, 3.63) is 25.3 Å². The van der Waals surface area contributed by atoms with Crippen LogP contribution in [0, 0.1) is 11.8 Å². The van der Waals surface area contributed by atoms with E-state index in [1.165, 1.54) is 0 Å². The minimum absolute atomic E-state index is 0.0131. The molecule has 3 aliphatic rings. The van der Waals surface area contributed by atoms with Gasteiger partial charge in [0.15, 0.2) is 0 Å². The fourth-order valence-electron chi connectivity index (χ4n) is 6.96. The normalized spacial score (nSPS) is 29.8. The van der Waals surface area contributed by atoms with Crippen molar-refractivity contribution in [3.63, 3.8) is 0 Å². The number of carbonyl (C=O) groups excluding carboxylic acids is 3. The third-order valence-corrected chi connectivity index (χ3v) is 9.46. The molecule has 0 radical (unpaired) electrons. The number of ether oxygens (including phenoxy) is 1. The molecule has 2 bridgehead atoms. The van der Waals surface area contributed by atoms with E-state index in [-0.39, 0.29) is 35.2 Å². The van der Waals surface area contributed by atoms with Gasteiger partial charge in [0.2, 0.25) is 17.7 Å². The molecule has 3 heterocycles. The third kappa shape index (κ3) is 6.15. The molecule has 0 aromatic heterocycles. The van der Waals surface area contributed by atoms with Crippen molar-refractivity contribution >= 4 is 33.7 Å². The molecule has 1 N–H and O–H groups in total. The Morgan fingerprint density at radius 2 is 1.85 bits per heavy atom. The predicted octanol–water partition coefficient (Wildman–Crippen LogP) is 3.91.